The first-order valence-electron chi connectivity index (χ1n) is 15.0. The zero-order chi connectivity index (χ0) is 37.0. The summed E-state index contributed by atoms with van der Waals surface area (Å²) >= 11 is 0. The molecule has 0 fully saturated rings. The highest BCUT2D eigenvalue weighted by Gasteiger charge is 2.33. The van der Waals surface area contributed by atoms with Gasteiger partial charge in [0, 0.05) is 0 Å². The molecule has 0 radical (unpaired) electrons. The van der Waals surface area contributed by atoms with E-state index in [2.05, 4.69) is 29.3 Å². The number of carbonyl (C=O) groups excluding carboxylic acids is 6. The lowest BCUT2D eigenvalue weighted by molar-refractivity contribution is -0.216. The van der Waals surface area contributed by atoms with Gasteiger partial charge in [-0.1, -0.05) is 36.4 Å². The molecule has 266 valence electrons. The van der Waals surface area contributed by atoms with Crippen molar-refractivity contribution in [3.05, 3.63) is 105 Å². The summed E-state index contributed by atoms with van der Waals surface area (Å²) in [6.45, 7) is 9.72. The minimum Gasteiger partial charge on any atom is -0.431 e. The summed E-state index contributed by atoms with van der Waals surface area (Å²) in [4.78, 5) is 101. The van der Waals surface area contributed by atoms with Crippen molar-refractivity contribution in [2.75, 3.05) is 19.8 Å². The zero-order valence-electron chi connectivity index (χ0n) is 28.4. The van der Waals surface area contributed by atoms with E-state index in [0.717, 1.165) is 16.7 Å². The van der Waals surface area contributed by atoms with Gasteiger partial charge in [-0.2, -0.15) is 14.4 Å². The molecule has 0 aromatic heterocycles. The molecular formula is C35H36O15. The summed E-state index contributed by atoms with van der Waals surface area (Å²) in [6.07, 6.45) is -4.40. The summed E-state index contributed by atoms with van der Waals surface area (Å²) < 4.78 is 15.0. The molecule has 15 nitrogen and oxygen atoms in total. The average Bonchev–Trinajstić information content (AvgIpc) is 3.09. The molecule has 50 heavy (non-hydrogen) atoms. The summed E-state index contributed by atoms with van der Waals surface area (Å²) in [6, 6.07) is 14.6. The fraction of sp³-hybridized carbons (Fsp3) is 0.314. The Hall–Kier alpha value is -6.12. The molecule has 0 spiro atoms. The van der Waals surface area contributed by atoms with Crippen LogP contribution in [0.5, 0.6) is 0 Å². The third kappa shape index (κ3) is 10.7. The van der Waals surface area contributed by atoms with Gasteiger partial charge in [0.1, 0.15) is 19.8 Å². The van der Waals surface area contributed by atoms with Crippen molar-refractivity contribution in [2.45, 2.75) is 48.5 Å². The van der Waals surface area contributed by atoms with Crippen LogP contribution < -0.4 is 0 Å². The van der Waals surface area contributed by atoms with E-state index >= 15 is 0 Å². The maximum Gasteiger partial charge on any atom is 0.549 e. The van der Waals surface area contributed by atoms with Crippen LogP contribution in [-0.4, -0.2) is 56.2 Å². The van der Waals surface area contributed by atoms with Crippen molar-refractivity contribution in [3.63, 3.8) is 0 Å². The standard InChI is InChI=1S/C35H36O15/c1-20-11-8-14-26(23(20)4)29(36)45-48-32(39)42-17-35(7,18-43-33(40)49-46-30(37)27-15-9-12-21(2)24(27)5)19-44-34(41)50-47-31(38)28-16-10-13-22(3)25(28)6/h8-16H,17-19H2,1-7H3. The predicted molar refractivity (Wildman–Crippen MR) is 169 cm³/mol. The van der Waals surface area contributed by atoms with Crippen LogP contribution in [0.25, 0.3) is 0 Å². The highest BCUT2D eigenvalue weighted by molar-refractivity contribution is 5.92. The molecule has 3 aromatic rings. The number of benzene rings is 3. The van der Waals surface area contributed by atoms with Crippen molar-refractivity contribution in [2.24, 2.45) is 5.41 Å². The molecule has 0 amide bonds. The Balaban J connectivity index is 1.59. The van der Waals surface area contributed by atoms with Gasteiger partial charge in [-0.15, -0.1) is 0 Å². The lowest BCUT2D eigenvalue weighted by atomic mass is 9.94. The number of ether oxygens (including phenoxy) is 3. The Kier molecular flexibility index (Phi) is 13.3. The Morgan fingerprint density at radius 2 is 0.700 bits per heavy atom. The first-order valence-corrected chi connectivity index (χ1v) is 15.0. The Labute approximate surface area is 287 Å². The molecular weight excluding hydrogens is 660 g/mol. The van der Waals surface area contributed by atoms with E-state index in [9.17, 15) is 28.8 Å². The van der Waals surface area contributed by atoms with Crippen molar-refractivity contribution < 1.29 is 72.3 Å². The summed E-state index contributed by atoms with van der Waals surface area (Å²) in [5, 5.41) is 0. The molecule has 0 bridgehead atoms. The molecule has 0 saturated carbocycles. The molecule has 3 rings (SSSR count). The van der Waals surface area contributed by atoms with Crippen LogP contribution in [0.4, 0.5) is 14.4 Å². The smallest absolute Gasteiger partial charge is 0.431 e. The zero-order valence-corrected chi connectivity index (χ0v) is 28.4. The SMILES string of the molecule is Cc1cccc(C(=O)OOC(=O)OCC(C)(COC(=O)OOC(=O)c2cccc(C)c2C)COC(=O)OOC(=O)c2cccc(C)c2C)c1C. The van der Waals surface area contributed by atoms with Crippen LogP contribution in [0.2, 0.25) is 0 Å². The highest BCUT2D eigenvalue weighted by Crippen LogP contribution is 2.21. The second-order valence-electron chi connectivity index (χ2n) is 11.5. The van der Waals surface area contributed by atoms with Crippen LogP contribution in [-0.2, 0) is 43.5 Å². The first-order chi connectivity index (χ1) is 23.6. The van der Waals surface area contributed by atoms with Crippen molar-refractivity contribution in [3.8, 4) is 0 Å². The second kappa shape index (κ2) is 17.3. The van der Waals surface area contributed by atoms with Gasteiger partial charge >= 0.3 is 36.4 Å². The van der Waals surface area contributed by atoms with Gasteiger partial charge in [0.15, 0.2) is 0 Å². The van der Waals surface area contributed by atoms with E-state index < -0.39 is 61.6 Å². The first kappa shape index (κ1) is 38.3. The van der Waals surface area contributed by atoms with Crippen LogP contribution in [0, 0.1) is 47.0 Å². The number of rotatable bonds is 9. The van der Waals surface area contributed by atoms with Crippen LogP contribution in [0.1, 0.15) is 71.4 Å². The van der Waals surface area contributed by atoms with Gasteiger partial charge in [-0.05, 0) is 100 Å². The third-order valence-corrected chi connectivity index (χ3v) is 7.65. The maximum atomic E-state index is 12.4. The molecule has 0 aliphatic heterocycles. The van der Waals surface area contributed by atoms with Crippen LogP contribution >= 0.6 is 0 Å². The molecule has 0 N–H and O–H groups in total. The summed E-state index contributed by atoms with van der Waals surface area (Å²) in [7, 11) is 0. The number of carbonyl (C=O) groups is 6. The van der Waals surface area contributed by atoms with Crippen molar-refractivity contribution in [1.82, 2.24) is 0 Å². The van der Waals surface area contributed by atoms with Crippen LogP contribution in [0.15, 0.2) is 54.6 Å². The van der Waals surface area contributed by atoms with Gasteiger partial charge in [-0.25, -0.2) is 43.7 Å². The predicted octanol–water partition coefficient (Wildman–Crippen LogP) is 6.62. The van der Waals surface area contributed by atoms with E-state index in [4.69, 9.17) is 14.2 Å². The minimum atomic E-state index is -1.55. The van der Waals surface area contributed by atoms with Gasteiger partial charge in [0.25, 0.3) is 0 Å². The van der Waals surface area contributed by atoms with E-state index in [-0.39, 0.29) is 16.7 Å². The van der Waals surface area contributed by atoms with Gasteiger partial charge in [-0.3, -0.25) is 0 Å². The van der Waals surface area contributed by atoms with E-state index in [1.807, 2.05) is 0 Å². The number of hydrogen-bond acceptors (Lipinski definition) is 15. The Bertz CT molecular complexity index is 1560. The molecule has 0 heterocycles. The fourth-order valence-corrected chi connectivity index (χ4v) is 4.16. The lowest BCUT2D eigenvalue weighted by Crippen LogP contribution is -2.37. The Morgan fingerprint density at radius 3 is 0.960 bits per heavy atom. The number of aryl methyl sites for hydroxylation is 3. The quantitative estimate of drug-likeness (QED) is 0.100. The van der Waals surface area contributed by atoms with E-state index in [0.29, 0.717) is 16.7 Å². The normalized spacial score (nSPS) is 10.6. The lowest BCUT2D eigenvalue weighted by Gasteiger charge is -2.26. The summed E-state index contributed by atoms with van der Waals surface area (Å²) in [5.74, 6) is -2.89. The molecule has 3 aromatic carbocycles. The fourth-order valence-electron chi connectivity index (χ4n) is 4.16. The minimum absolute atomic E-state index is 0.151. The topological polar surface area (TPSA) is 185 Å². The van der Waals surface area contributed by atoms with Gasteiger partial charge < -0.3 is 14.2 Å². The van der Waals surface area contributed by atoms with Crippen molar-refractivity contribution >= 4 is 36.4 Å². The third-order valence-electron chi connectivity index (χ3n) is 7.65. The second-order valence-corrected chi connectivity index (χ2v) is 11.5. The largest absolute Gasteiger partial charge is 0.549 e. The molecule has 15 heteroatoms. The van der Waals surface area contributed by atoms with E-state index in [1.165, 1.54) is 25.1 Å². The van der Waals surface area contributed by atoms with Crippen LogP contribution in [0.3, 0.4) is 0 Å². The summed E-state index contributed by atoms with van der Waals surface area (Å²) in [5.41, 5.74) is 3.12. The number of hydrogen-bond donors (Lipinski definition) is 0. The highest BCUT2D eigenvalue weighted by atomic mass is 17.2. The molecule has 0 atom stereocenters. The van der Waals surface area contributed by atoms with Crippen molar-refractivity contribution in [1.29, 1.82) is 0 Å². The molecule has 0 unspecified atom stereocenters. The molecule has 0 saturated heterocycles. The van der Waals surface area contributed by atoms with E-state index in [1.54, 1.807) is 77.9 Å². The van der Waals surface area contributed by atoms with Gasteiger partial charge in [0.05, 0.1) is 22.1 Å². The maximum absolute atomic E-state index is 12.4. The Morgan fingerprint density at radius 1 is 0.440 bits per heavy atom. The molecule has 0 aliphatic rings. The monoisotopic (exact) mass is 696 g/mol. The average molecular weight is 697 g/mol. The molecule has 0 aliphatic carbocycles. The van der Waals surface area contributed by atoms with Gasteiger partial charge in [0.2, 0.25) is 0 Å².